The van der Waals surface area contributed by atoms with Crippen LogP contribution in [0.15, 0.2) is 29.4 Å². The normalized spacial score (nSPS) is 9.54. The Morgan fingerprint density at radius 1 is 1.54 bits per heavy atom. The molecule has 2 N–H and O–H groups in total. The average molecular weight is 198 g/mol. The number of carboxylic acid groups (broad SMARTS) is 1. The van der Waals surface area contributed by atoms with Crippen molar-refractivity contribution in [2.75, 3.05) is 12.3 Å². The summed E-state index contributed by atoms with van der Waals surface area (Å²) in [5, 5.41) is 10.6. The summed E-state index contributed by atoms with van der Waals surface area (Å²) >= 11 is 1.60. The highest BCUT2D eigenvalue weighted by Gasteiger charge is 1.94. The molecule has 1 aromatic rings. The van der Waals surface area contributed by atoms with Crippen LogP contribution in [0, 0.1) is 0 Å². The van der Waals surface area contributed by atoms with E-state index < -0.39 is 6.09 Å². The lowest BCUT2D eigenvalue weighted by molar-refractivity contribution is 0.195. The van der Waals surface area contributed by atoms with E-state index in [2.05, 4.69) is 10.3 Å². The molecule has 0 aliphatic carbocycles. The molecule has 1 heterocycles. The predicted octanol–water partition coefficient (Wildman–Crippen LogP) is 1.44. The highest BCUT2D eigenvalue weighted by atomic mass is 32.2. The number of carbonyl (C=O) groups is 1. The molecule has 0 saturated heterocycles. The topological polar surface area (TPSA) is 62.2 Å². The molecule has 5 heteroatoms. The minimum Gasteiger partial charge on any atom is -0.465 e. The number of hydrogen-bond donors (Lipinski definition) is 2. The second-order valence-corrected chi connectivity index (χ2v) is 3.43. The van der Waals surface area contributed by atoms with E-state index in [0.717, 1.165) is 10.6 Å². The van der Waals surface area contributed by atoms with Gasteiger partial charge in [0, 0.05) is 29.6 Å². The van der Waals surface area contributed by atoms with Crippen molar-refractivity contribution in [2.45, 2.75) is 4.90 Å². The first-order chi connectivity index (χ1) is 6.29. The summed E-state index contributed by atoms with van der Waals surface area (Å²) in [7, 11) is 0. The summed E-state index contributed by atoms with van der Waals surface area (Å²) in [4.78, 5) is 15.1. The van der Waals surface area contributed by atoms with Crippen molar-refractivity contribution in [3.05, 3.63) is 24.5 Å². The summed E-state index contributed by atoms with van der Waals surface area (Å²) in [6.45, 7) is 0.461. The maximum Gasteiger partial charge on any atom is 0.404 e. The molecule has 0 radical (unpaired) electrons. The molecule has 0 aliphatic heterocycles. The number of aromatic nitrogens is 1. The fourth-order valence-corrected chi connectivity index (χ4v) is 1.52. The number of nitrogens with one attached hydrogen (secondary N) is 1. The Hall–Kier alpha value is -1.23. The van der Waals surface area contributed by atoms with Crippen LogP contribution in [0.4, 0.5) is 4.79 Å². The molecule has 1 aromatic heterocycles. The van der Waals surface area contributed by atoms with Gasteiger partial charge in [0.05, 0.1) is 0 Å². The lowest BCUT2D eigenvalue weighted by Crippen LogP contribution is -2.23. The Morgan fingerprint density at radius 2 is 2.23 bits per heavy atom. The van der Waals surface area contributed by atoms with E-state index in [-0.39, 0.29) is 0 Å². The molecular formula is C8H10N2O2S. The van der Waals surface area contributed by atoms with Gasteiger partial charge in [-0.2, -0.15) is 0 Å². The van der Waals surface area contributed by atoms with Gasteiger partial charge in [-0.1, -0.05) is 0 Å². The van der Waals surface area contributed by atoms with Crippen LogP contribution in [0.25, 0.3) is 0 Å². The van der Waals surface area contributed by atoms with Crippen molar-refractivity contribution in [2.24, 2.45) is 0 Å². The summed E-state index contributed by atoms with van der Waals surface area (Å²) in [5.41, 5.74) is 0. The zero-order chi connectivity index (χ0) is 9.52. The zero-order valence-electron chi connectivity index (χ0n) is 6.93. The van der Waals surface area contributed by atoms with Gasteiger partial charge in [0.2, 0.25) is 0 Å². The molecule has 1 rings (SSSR count). The molecule has 0 aliphatic rings. The van der Waals surface area contributed by atoms with Crippen LogP contribution in [0.5, 0.6) is 0 Å². The second-order valence-electron chi connectivity index (χ2n) is 2.26. The fourth-order valence-electron chi connectivity index (χ4n) is 0.761. The molecule has 4 nitrogen and oxygen atoms in total. The minimum absolute atomic E-state index is 0.461. The molecule has 1 amide bonds. The first-order valence-electron chi connectivity index (χ1n) is 3.78. The number of thioether (sulfide) groups is 1. The molecule has 0 unspecified atom stereocenters. The first kappa shape index (κ1) is 9.85. The first-order valence-corrected chi connectivity index (χ1v) is 4.77. The smallest absolute Gasteiger partial charge is 0.404 e. The lowest BCUT2D eigenvalue weighted by atomic mass is 10.5. The molecule has 0 atom stereocenters. The predicted molar refractivity (Wildman–Crippen MR) is 51.0 cm³/mol. The Balaban J connectivity index is 2.17. The van der Waals surface area contributed by atoms with E-state index in [0.29, 0.717) is 6.54 Å². The van der Waals surface area contributed by atoms with Crippen molar-refractivity contribution in [3.8, 4) is 0 Å². The largest absolute Gasteiger partial charge is 0.465 e. The van der Waals surface area contributed by atoms with Crippen molar-refractivity contribution in [3.63, 3.8) is 0 Å². The monoisotopic (exact) mass is 198 g/mol. The number of nitrogens with zero attached hydrogens (tertiary/aromatic N) is 1. The summed E-state index contributed by atoms with van der Waals surface area (Å²) < 4.78 is 0. The van der Waals surface area contributed by atoms with E-state index in [4.69, 9.17) is 5.11 Å². The lowest BCUT2D eigenvalue weighted by Gasteiger charge is -2.00. The molecular weight excluding hydrogens is 188 g/mol. The zero-order valence-corrected chi connectivity index (χ0v) is 7.75. The van der Waals surface area contributed by atoms with Crippen molar-refractivity contribution in [1.82, 2.24) is 10.3 Å². The van der Waals surface area contributed by atoms with E-state index in [1.807, 2.05) is 12.1 Å². The highest BCUT2D eigenvalue weighted by Crippen LogP contribution is 2.14. The molecule has 0 spiro atoms. The fraction of sp³-hybridized carbons (Fsp3) is 0.250. The van der Waals surface area contributed by atoms with Gasteiger partial charge in [0.15, 0.2) is 0 Å². The number of amides is 1. The molecule has 0 saturated carbocycles. The van der Waals surface area contributed by atoms with Gasteiger partial charge in [0.25, 0.3) is 0 Å². The SMILES string of the molecule is O=C(O)NCCSc1ccncc1. The minimum atomic E-state index is -0.977. The van der Waals surface area contributed by atoms with Crippen molar-refractivity contribution >= 4 is 17.9 Å². The Bertz CT molecular complexity index is 266. The van der Waals surface area contributed by atoms with Crippen LogP contribution in [-0.4, -0.2) is 28.5 Å². The average Bonchev–Trinajstić information content (AvgIpc) is 2.14. The summed E-state index contributed by atoms with van der Waals surface area (Å²) in [6.07, 6.45) is 2.45. The number of rotatable bonds is 4. The molecule has 70 valence electrons. The van der Waals surface area contributed by atoms with Crippen LogP contribution in [0.1, 0.15) is 0 Å². The van der Waals surface area contributed by atoms with Crippen LogP contribution in [0.3, 0.4) is 0 Å². The van der Waals surface area contributed by atoms with Crippen LogP contribution in [-0.2, 0) is 0 Å². The van der Waals surface area contributed by atoms with E-state index in [1.165, 1.54) is 0 Å². The van der Waals surface area contributed by atoms with Crippen LogP contribution < -0.4 is 5.32 Å². The van der Waals surface area contributed by atoms with Crippen LogP contribution >= 0.6 is 11.8 Å². The maximum atomic E-state index is 10.1. The maximum absolute atomic E-state index is 10.1. The third-order valence-electron chi connectivity index (χ3n) is 1.30. The summed E-state index contributed by atoms with van der Waals surface area (Å²) in [6, 6.07) is 3.79. The van der Waals surface area contributed by atoms with E-state index >= 15 is 0 Å². The van der Waals surface area contributed by atoms with Gasteiger partial charge in [0.1, 0.15) is 0 Å². The summed E-state index contributed by atoms with van der Waals surface area (Å²) in [5.74, 6) is 0.732. The Morgan fingerprint density at radius 3 is 2.85 bits per heavy atom. The van der Waals surface area contributed by atoms with E-state index in [1.54, 1.807) is 24.2 Å². The van der Waals surface area contributed by atoms with Gasteiger partial charge >= 0.3 is 6.09 Å². The van der Waals surface area contributed by atoms with Crippen LogP contribution in [0.2, 0.25) is 0 Å². The number of pyridine rings is 1. The van der Waals surface area contributed by atoms with Gasteiger partial charge in [-0.3, -0.25) is 4.98 Å². The quantitative estimate of drug-likeness (QED) is 0.567. The highest BCUT2D eigenvalue weighted by molar-refractivity contribution is 7.99. The molecule has 0 bridgehead atoms. The van der Waals surface area contributed by atoms with Gasteiger partial charge in [-0.05, 0) is 12.1 Å². The Kier molecular flexibility index (Phi) is 4.11. The van der Waals surface area contributed by atoms with Crippen molar-refractivity contribution < 1.29 is 9.90 Å². The van der Waals surface area contributed by atoms with Gasteiger partial charge < -0.3 is 10.4 Å². The molecule has 0 aromatic carbocycles. The van der Waals surface area contributed by atoms with Crippen molar-refractivity contribution in [1.29, 1.82) is 0 Å². The molecule has 0 fully saturated rings. The number of hydrogen-bond acceptors (Lipinski definition) is 3. The van der Waals surface area contributed by atoms with Gasteiger partial charge in [-0.25, -0.2) is 4.79 Å². The third kappa shape index (κ3) is 4.37. The Labute approximate surface area is 80.4 Å². The second kappa shape index (κ2) is 5.42. The molecule has 13 heavy (non-hydrogen) atoms. The standard InChI is InChI=1S/C8H10N2O2S/c11-8(12)10-5-6-13-7-1-3-9-4-2-7/h1-4,10H,5-6H2,(H,11,12). The third-order valence-corrected chi connectivity index (χ3v) is 2.31. The van der Waals surface area contributed by atoms with Gasteiger partial charge in [-0.15, -0.1) is 11.8 Å². The van der Waals surface area contributed by atoms with E-state index in [9.17, 15) is 4.79 Å².